The minimum Gasteiger partial charge on any atom is -0.469 e. The first kappa shape index (κ1) is 12.0. The number of carbonyl (C=O) groups excluding carboxylic acids is 1. The third kappa shape index (κ3) is 3.26. The molecule has 0 unspecified atom stereocenters. The molecule has 0 spiro atoms. The van der Waals surface area contributed by atoms with E-state index in [1.54, 1.807) is 0 Å². The molecular weight excluding hydrogens is 224 g/mol. The van der Waals surface area contributed by atoms with E-state index in [0.29, 0.717) is 12.5 Å². The lowest BCUT2D eigenvalue weighted by Gasteiger charge is -2.26. The monoisotopic (exact) mass is 240 g/mol. The first-order valence-corrected chi connectivity index (χ1v) is 5.74. The van der Waals surface area contributed by atoms with Gasteiger partial charge in [-0.25, -0.2) is 0 Å². The third-order valence-electron chi connectivity index (χ3n) is 3.06. The normalized spacial score (nSPS) is 24.5. The predicted molar refractivity (Wildman–Crippen MR) is 56.8 cm³/mol. The molecule has 94 valence electrons. The summed E-state index contributed by atoms with van der Waals surface area (Å²) in [6.45, 7) is 0.341. The first-order chi connectivity index (χ1) is 8.29. The molecule has 1 aliphatic rings. The van der Waals surface area contributed by atoms with Gasteiger partial charge >= 0.3 is 5.97 Å². The molecule has 6 heteroatoms. The molecule has 1 aromatic heterocycles. The number of nitrogens with zero attached hydrogens (tertiary/aromatic N) is 2. The maximum absolute atomic E-state index is 11.3. The average molecular weight is 240 g/mol. The van der Waals surface area contributed by atoms with E-state index in [9.17, 15) is 4.79 Å². The Bertz CT molecular complexity index is 344. The molecule has 1 fully saturated rings. The molecule has 2 rings (SSSR count). The van der Waals surface area contributed by atoms with Gasteiger partial charge in [0.2, 0.25) is 0 Å². The number of hydrogen-bond acceptors (Lipinski definition) is 6. The van der Waals surface area contributed by atoms with Crippen molar-refractivity contribution in [2.24, 2.45) is 5.92 Å². The molecule has 0 amide bonds. The molecule has 1 heterocycles. The standard InChI is InChI=1S/C11H16N2O4/c1-15-11(14)8-2-4-9(5-3-8)16-6-10-12-7-13-17-10/h7-9H,2-6H2,1H3. The van der Waals surface area contributed by atoms with Crippen molar-refractivity contribution >= 4 is 5.97 Å². The molecule has 0 aromatic carbocycles. The summed E-state index contributed by atoms with van der Waals surface area (Å²) >= 11 is 0. The van der Waals surface area contributed by atoms with Crippen molar-refractivity contribution in [2.45, 2.75) is 38.4 Å². The molecular formula is C11H16N2O4. The summed E-state index contributed by atoms with van der Waals surface area (Å²) in [4.78, 5) is 15.2. The van der Waals surface area contributed by atoms with Gasteiger partial charge in [-0.2, -0.15) is 4.98 Å². The Morgan fingerprint density at radius 3 is 2.82 bits per heavy atom. The lowest BCUT2D eigenvalue weighted by molar-refractivity contribution is -0.147. The van der Waals surface area contributed by atoms with E-state index in [-0.39, 0.29) is 18.0 Å². The Labute approximate surface area is 99.3 Å². The van der Waals surface area contributed by atoms with Gasteiger partial charge in [0.15, 0.2) is 6.33 Å². The van der Waals surface area contributed by atoms with Crippen molar-refractivity contribution < 1.29 is 18.8 Å². The van der Waals surface area contributed by atoms with Gasteiger partial charge in [-0.1, -0.05) is 5.16 Å². The molecule has 0 saturated heterocycles. The number of methoxy groups -OCH3 is 1. The maximum atomic E-state index is 11.3. The fourth-order valence-electron chi connectivity index (χ4n) is 2.08. The molecule has 0 radical (unpaired) electrons. The van der Waals surface area contributed by atoms with Crippen LogP contribution in [0.1, 0.15) is 31.6 Å². The summed E-state index contributed by atoms with van der Waals surface area (Å²) < 4.78 is 15.2. The SMILES string of the molecule is COC(=O)C1CCC(OCc2ncno2)CC1. The van der Waals surface area contributed by atoms with Crippen molar-refractivity contribution in [2.75, 3.05) is 7.11 Å². The summed E-state index contributed by atoms with van der Waals surface area (Å²) in [6.07, 6.45) is 4.90. The number of carbonyl (C=O) groups is 1. The van der Waals surface area contributed by atoms with Gasteiger partial charge in [-0.05, 0) is 25.7 Å². The Kier molecular flexibility index (Phi) is 4.08. The van der Waals surface area contributed by atoms with Crippen molar-refractivity contribution in [3.05, 3.63) is 12.2 Å². The molecule has 1 aliphatic carbocycles. The first-order valence-electron chi connectivity index (χ1n) is 5.74. The molecule has 6 nitrogen and oxygen atoms in total. The lowest BCUT2D eigenvalue weighted by atomic mass is 9.87. The zero-order valence-corrected chi connectivity index (χ0v) is 9.80. The Morgan fingerprint density at radius 1 is 1.47 bits per heavy atom. The van der Waals surface area contributed by atoms with Crippen molar-refractivity contribution in [1.82, 2.24) is 10.1 Å². The second-order valence-corrected chi connectivity index (χ2v) is 4.14. The fourth-order valence-corrected chi connectivity index (χ4v) is 2.08. The molecule has 0 N–H and O–H groups in total. The topological polar surface area (TPSA) is 74.5 Å². The molecule has 0 aliphatic heterocycles. The Hall–Kier alpha value is -1.43. The van der Waals surface area contributed by atoms with Gasteiger partial charge in [0.25, 0.3) is 5.89 Å². The Balaban J connectivity index is 1.70. The van der Waals surface area contributed by atoms with Gasteiger partial charge in [0.1, 0.15) is 6.61 Å². The van der Waals surface area contributed by atoms with E-state index in [4.69, 9.17) is 14.0 Å². The molecule has 17 heavy (non-hydrogen) atoms. The summed E-state index contributed by atoms with van der Waals surface area (Å²) in [5, 5.41) is 3.50. The van der Waals surface area contributed by atoms with Crippen molar-refractivity contribution in [3.8, 4) is 0 Å². The van der Waals surface area contributed by atoms with Crippen LogP contribution < -0.4 is 0 Å². The minimum absolute atomic E-state index is 0.0308. The number of rotatable bonds is 4. The largest absolute Gasteiger partial charge is 0.469 e. The maximum Gasteiger partial charge on any atom is 0.308 e. The van der Waals surface area contributed by atoms with Gasteiger partial charge < -0.3 is 14.0 Å². The highest BCUT2D eigenvalue weighted by molar-refractivity contribution is 5.72. The van der Waals surface area contributed by atoms with E-state index in [1.807, 2.05) is 0 Å². The summed E-state index contributed by atoms with van der Waals surface area (Å²) in [7, 11) is 1.43. The third-order valence-corrected chi connectivity index (χ3v) is 3.06. The number of aromatic nitrogens is 2. The lowest BCUT2D eigenvalue weighted by Crippen LogP contribution is -2.26. The number of hydrogen-bond donors (Lipinski definition) is 0. The second kappa shape index (κ2) is 5.77. The Morgan fingerprint density at radius 2 is 2.24 bits per heavy atom. The molecule has 1 aromatic rings. The quantitative estimate of drug-likeness (QED) is 0.739. The average Bonchev–Trinajstić information content (AvgIpc) is 2.89. The van der Waals surface area contributed by atoms with E-state index in [0.717, 1.165) is 25.7 Å². The smallest absolute Gasteiger partial charge is 0.308 e. The van der Waals surface area contributed by atoms with Crippen molar-refractivity contribution in [1.29, 1.82) is 0 Å². The van der Waals surface area contributed by atoms with E-state index in [1.165, 1.54) is 13.4 Å². The zero-order valence-electron chi connectivity index (χ0n) is 9.80. The number of ether oxygens (including phenoxy) is 2. The highest BCUT2D eigenvalue weighted by Crippen LogP contribution is 2.27. The summed E-state index contributed by atoms with van der Waals surface area (Å²) in [6, 6.07) is 0. The van der Waals surface area contributed by atoms with Gasteiger partial charge in [0, 0.05) is 0 Å². The van der Waals surface area contributed by atoms with E-state index in [2.05, 4.69) is 10.1 Å². The zero-order chi connectivity index (χ0) is 12.1. The van der Waals surface area contributed by atoms with Crippen LogP contribution in [0.4, 0.5) is 0 Å². The molecule has 0 bridgehead atoms. The highest BCUT2D eigenvalue weighted by Gasteiger charge is 2.27. The highest BCUT2D eigenvalue weighted by atomic mass is 16.5. The summed E-state index contributed by atoms with van der Waals surface area (Å²) in [5.74, 6) is 0.406. The number of esters is 1. The minimum atomic E-state index is -0.111. The van der Waals surface area contributed by atoms with Crippen LogP contribution in [0.25, 0.3) is 0 Å². The van der Waals surface area contributed by atoms with Gasteiger partial charge in [-0.3, -0.25) is 4.79 Å². The second-order valence-electron chi connectivity index (χ2n) is 4.14. The van der Waals surface area contributed by atoms with Crippen molar-refractivity contribution in [3.63, 3.8) is 0 Å². The van der Waals surface area contributed by atoms with Crippen LogP contribution in [0.2, 0.25) is 0 Å². The van der Waals surface area contributed by atoms with Gasteiger partial charge in [-0.15, -0.1) is 0 Å². The molecule has 0 atom stereocenters. The van der Waals surface area contributed by atoms with Crippen LogP contribution >= 0.6 is 0 Å². The van der Waals surface area contributed by atoms with E-state index >= 15 is 0 Å². The fraction of sp³-hybridized carbons (Fsp3) is 0.727. The van der Waals surface area contributed by atoms with Crippen LogP contribution in [0.5, 0.6) is 0 Å². The van der Waals surface area contributed by atoms with E-state index < -0.39 is 0 Å². The van der Waals surface area contributed by atoms with Crippen LogP contribution in [0.3, 0.4) is 0 Å². The van der Waals surface area contributed by atoms with Crippen LogP contribution in [-0.2, 0) is 20.9 Å². The van der Waals surface area contributed by atoms with Crippen LogP contribution in [-0.4, -0.2) is 29.3 Å². The summed E-state index contributed by atoms with van der Waals surface area (Å²) in [5.41, 5.74) is 0. The van der Waals surface area contributed by atoms with Crippen LogP contribution in [0, 0.1) is 5.92 Å². The van der Waals surface area contributed by atoms with Crippen LogP contribution in [0.15, 0.2) is 10.9 Å². The molecule has 1 saturated carbocycles. The predicted octanol–water partition coefficient (Wildman–Crippen LogP) is 1.32. The van der Waals surface area contributed by atoms with Gasteiger partial charge in [0.05, 0.1) is 19.1 Å².